The summed E-state index contributed by atoms with van der Waals surface area (Å²) in [6.45, 7) is 2.64. The average molecular weight is 620 g/mol. The molecule has 0 spiro atoms. The van der Waals surface area contributed by atoms with Crippen LogP contribution in [0.25, 0.3) is 16.6 Å². The molecule has 4 aromatic rings. The predicted molar refractivity (Wildman–Crippen MR) is 170 cm³/mol. The Bertz CT molecular complexity index is 1760. The molecular weight excluding hydrogens is 582 g/mol. The van der Waals surface area contributed by atoms with E-state index in [-0.39, 0.29) is 24.1 Å². The molecule has 5 aliphatic rings. The molecule has 236 valence electrons. The van der Waals surface area contributed by atoms with E-state index in [1.165, 1.54) is 0 Å². The number of aromatic nitrogens is 3. The van der Waals surface area contributed by atoms with Crippen LogP contribution in [0.4, 0.5) is 5.82 Å². The molecule has 2 N–H and O–H groups in total. The quantitative estimate of drug-likeness (QED) is 0.306. The number of carbonyl (C=O) groups is 1. The maximum atomic E-state index is 13.1. The van der Waals surface area contributed by atoms with Gasteiger partial charge in [0.25, 0.3) is 5.91 Å². The molecule has 2 unspecified atom stereocenters. The number of rotatable bonds is 8. The van der Waals surface area contributed by atoms with E-state index in [1.807, 2.05) is 53.7 Å². The highest BCUT2D eigenvalue weighted by atomic mass is 16.5. The molecule has 5 aliphatic heterocycles. The monoisotopic (exact) mass is 619 g/mol. The van der Waals surface area contributed by atoms with Gasteiger partial charge in [-0.15, -0.1) is 0 Å². The van der Waals surface area contributed by atoms with Gasteiger partial charge in [-0.1, -0.05) is 30.3 Å². The molecule has 0 saturated carbocycles. The van der Waals surface area contributed by atoms with Gasteiger partial charge in [-0.25, -0.2) is 9.50 Å². The zero-order valence-corrected chi connectivity index (χ0v) is 25.5. The van der Waals surface area contributed by atoms with Crippen molar-refractivity contribution in [3.05, 3.63) is 78.2 Å². The van der Waals surface area contributed by atoms with E-state index in [0.29, 0.717) is 54.2 Å². The first-order chi connectivity index (χ1) is 22.5. The minimum atomic E-state index is -1.15. The van der Waals surface area contributed by atoms with Gasteiger partial charge >= 0.3 is 0 Å². The van der Waals surface area contributed by atoms with Crippen LogP contribution in [0.1, 0.15) is 49.3 Å². The van der Waals surface area contributed by atoms with Crippen molar-refractivity contribution >= 4 is 17.2 Å². The van der Waals surface area contributed by atoms with Gasteiger partial charge in [-0.05, 0) is 55.9 Å². The summed E-state index contributed by atoms with van der Waals surface area (Å²) < 4.78 is 7.96. The number of piperazine rings is 1. The minimum Gasteiger partial charge on any atom is -0.491 e. The molecule has 46 heavy (non-hydrogen) atoms. The SMILES string of the molecule is N#Cc1cnn2cc(OCCN3[C@@H]4CC[C@H]3C[C@@H](O)C4)cc(-c3ccc(N4CC5CC(C4)N5C(=O)[C@@H](O)c4ccccc4)nc3)c12. The number of hydrogen-bond donors (Lipinski definition) is 2. The molecule has 9 rings (SSSR count). The molecule has 11 heteroatoms. The van der Waals surface area contributed by atoms with Crippen LogP contribution < -0.4 is 9.64 Å². The first-order valence-electron chi connectivity index (χ1n) is 16.2. The number of piperidine rings is 2. The summed E-state index contributed by atoms with van der Waals surface area (Å²) in [5.41, 5.74) is 3.47. The molecule has 8 heterocycles. The van der Waals surface area contributed by atoms with Gasteiger partial charge in [0.2, 0.25) is 0 Å². The molecule has 5 fully saturated rings. The van der Waals surface area contributed by atoms with Gasteiger partial charge < -0.3 is 24.7 Å². The van der Waals surface area contributed by atoms with E-state index in [2.05, 4.69) is 21.0 Å². The van der Waals surface area contributed by atoms with Gasteiger partial charge in [-0.2, -0.15) is 10.4 Å². The largest absolute Gasteiger partial charge is 0.491 e. The highest BCUT2D eigenvalue weighted by Gasteiger charge is 2.49. The lowest BCUT2D eigenvalue weighted by molar-refractivity contribution is -0.156. The van der Waals surface area contributed by atoms with Crippen LogP contribution in [0, 0.1) is 11.3 Å². The summed E-state index contributed by atoms with van der Waals surface area (Å²) in [6, 6.07) is 18.2. The van der Waals surface area contributed by atoms with E-state index in [1.54, 1.807) is 22.8 Å². The molecule has 1 amide bonds. The Morgan fingerprint density at radius 2 is 1.78 bits per heavy atom. The minimum absolute atomic E-state index is 0.0368. The third-order valence-electron chi connectivity index (χ3n) is 10.4. The van der Waals surface area contributed by atoms with E-state index < -0.39 is 6.10 Å². The van der Waals surface area contributed by atoms with E-state index in [4.69, 9.17) is 9.72 Å². The number of anilines is 1. The molecule has 1 aromatic carbocycles. The second-order valence-corrected chi connectivity index (χ2v) is 13.1. The smallest absolute Gasteiger partial charge is 0.256 e. The summed E-state index contributed by atoms with van der Waals surface area (Å²) in [4.78, 5) is 24.5. The average Bonchev–Trinajstić information content (AvgIpc) is 3.61. The molecule has 3 aromatic heterocycles. The van der Waals surface area contributed by atoms with Crippen molar-refractivity contribution in [2.24, 2.45) is 0 Å². The number of nitrogens with zero attached hydrogens (tertiary/aromatic N) is 7. The number of aliphatic hydroxyl groups is 2. The topological polar surface area (TPSA) is 130 Å². The summed E-state index contributed by atoms with van der Waals surface area (Å²) in [6.07, 6.45) is 8.75. The van der Waals surface area contributed by atoms with Crippen LogP contribution in [0.3, 0.4) is 0 Å². The molecule has 6 atom stereocenters. The number of fused-ring (bicyclic) bond motifs is 5. The number of pyridine rings is 2. The van der Waals surface area contributed by atoms with Crippen molar-refractivity contribution in [1.29, 1.82) is 5.26 Å². The van der Waals surface area contributed by atoms with Crippen LogP contribution in [0.5, 0.6) is 5.75 Å². The fourth-order valence-electron chi connectivity index (χ4n) is 8.17. The lowest BCUT2D eigenvalue weighted by Gasteiger charge is -2.57. The maximum absolute atomic E-state index is 13.1. The van der Waals surface area contributed by atoms with E-state index in [0.717, 1.165) is 55.6 Å². The van der Waals surface area contributed by atoms with Crippen LogP contribution in [0.15, 0.2) is 67.1 Å². The van der Waals surface area contributed by atoms with Crippen molar-refractivity contribution in [2.45, 2.75) is 68.5 Å². The number of amides is 1. The molecule has 4 bridgehead atoms. The van der Waals surface area contributed by atoms with Crippen molar-refractivity contribution in [3.8, 4) is 22.9 Å². The standard InChI is InChI=1S/C35H37N7O4/c36-16-24-18-38-41-21-30(46-11-10-40-25-7-8-26(40)14-29(43)13-25)15-31(33(24)41)23-6-9-32(37-17-23)39-19-27-12-28(20-39)42(27)35(45)34(44)22-4-2-1-3-5-22/h1-6,9,15,17-18,21,25-29,34,43-44H,7-8,10-14,19-20H2/t25-,26+,27?,28?,29+,34-/m0/s1. The van der Waals surface area contributed by atoms with Gasteiger partial charge in [-0.3, -0.25) is 9.69 Å². The van der Waals surface area contributed by atoms with E-state index in [9.17, 15) is 20.3 Å². The van der Waals surface area contributed by atoms with Crippen LogP contribution in [0.2, 0.25) is 0 Å². The van der Waals surface area contributed by atoms with E-state index >= 15 is 0 Å². The Morgan fingerprint density at radius 3 is 2.48 bits per heavy atom. The second kappa shape index (κ2) is 11.7. The summed E-state index contributed by atoms with van der Waals surface area (Å²) >= 11 is 0. The van der Waals surface area contributed by atoms with Crippen LogP contribution in [-0.4, -0.2) is 97.0 Å². The molecule has 11 nitrogen and oxygen atoms in total. The first kappa shape index (κ1) is 28.9. The molecular formula is C35H37N7O4. The second-order valence-electron chi connectivity index (χ2n) is 13.1. The number of benzene rings is 1. The fraction of sp³-hybridized carbons (Fsp3) is 0.429. The first-order valence-corrected chi connectivity index (χ1v) is 16.2. The van der Waals surface area contributed by atoms with Crippen molar-refractivity contribution in [3.63, 3.8) is 0 Å². The Labute approximate surface area is 267 Å². The van der Waals surface area contributed by atoms with Gasteiger partial charge in [0.15, 0.2) is 6.10 Å². The van der Waals surface area contributed by atoms with Crippen LogP contribution >= 0.6 is 0 Å². The molecule has 5 saturated heterocycles. The highest BCUT2D eigenvalue weighted by molar-refractivity contribution is 5.86. The zero-order chi connectivity index (χ0) is 31.4. The third-order valence-corrected chi connectivity index (χ3v) is 10.4. The van der Waals surface area contributed by atoms with Gasteiger partial charge in [0.05, 0.1) is 41.7 Å². The third kappa shape index (κ3) is 5.07. The number of nitriles is 1. The van der Waals surface area contributed by atoms with Crippen molar-refractivity contribution in [1.82, 2.24) is 24.4 Å². The van der Waals surface area contributed by atoms with Crippen molar-refractivity contribution in [2.75, 3.05) is 31.1 Å². The summed E-state index contributed by atoms with van der Waals surface area (Å²) in [7, 11) is 0. The normalized spacial score (nSPS) is 26.1. The lowest BCUT2D eigenvalue weighted by Crippen LogP contribution is -2.71. The van der Waals surface area contributed by atoms with Gasteiger partial charge in [0.1, 0.15) is 24.2 Å². The Hall–Kier alpha value is -4.50. The Balaban J connectivity index is 0.966. The van der Waals surface area contributed by atoms with Gasteiger partial charge in [0, 0.05) is 49.0 Å². The molecule has 0 radical (unpaired) electrons. The highest BCUT2D eigenvalue weighted by Crippen LogP contribution is 2.38. The fourth-order valence-corrected chi connectivity index (χ4v) is 8.17. The van der Waals surface area contributed by atoms with Crippen molar-refractivity contribution < 1.29 is 19.7 Å². The summed E-state index contributed by atoms with van der Waals surface area (Å²) in [5, 5.41) is 35.1. The lowest BCUT2D eigenvalue weighted by atomic mass is 9.86. The number of hydrogen-bond acceptors (Lipinski definition) is 9. The number of aliphatic hydroxyl groups excluding tert-OH is 2. The molecule has 0 aliphatic carbocycles. The zero-order valence-electron chi connectivity index (χ0n) is 25.5. The Morgan fingerprint density at radius 1 is 1.02 bits per heavy atom. The Kier molecular flexibility index (Phi) is 7.36. The number of ether oxygens (including phenoxy) is 1. The number of carbonyl (C=O) groups excluding carboxylic acids is 1. The maximum Gasteiger partial charge on any atom is 0.256 e. The summed E-state index contributed by atoms with van der Waals surface area (Å²) in [5.74, 6) is 1.26. The predicted octanol–water partition coefficient (Wildman–Crippen LogP) is 3.16. The van der Waals surface area contributed by atoms with Crippen LogP contribution in [-0.2, 0) is 4.79 Å².